The van der Waals surface area contributed by atoms with Gasteiger partial charge in [-0.25, -0.2) is 9.59 Å². The van der Waals surface area contributed by atoms with Crippen molar-refractivity contribution in [2.75, 3.05) is 6.54 Å². The number of carboxylic acids is 1. The van der Waals surface area contributed by atoms with Gasteiger partial charge in [-0.2, -0.15) is 0 Å². The van der Waals surface area contributed by atoms with Gasteiger partial charge in [-0.1, -0.05) is 60.2 Å². The van der Waals surface area contributed by atoms with Crippen molar-refractivity contribution in [2.45, 2.75) is 44.8 Å². The van der Waals surface area contributed by atoms with Gasteiger partial charge >= 0.3 is 12.1 Å². The summed E-state index contributed by atoms with van der Waals surface area (Å²) in [6.45, 7) is 2.15. The van der Waals surface area contributed by atoms with Crippen molar-refractivity contribution in [3.05, 3.63) is 94.8 Å². The summed E-state index contributed by atoms with van der Waals surface area (Å²) in [4.78, 5) is 51.7. The number of ether oxygens (including phenoxy) is 1. The highest BCUT2D eigenvalue weighted by Gasteiger charge is 2.47. The number of benzene rings is 2. The Labute approximate surface area is 221 Å². The van der Waals surface area contributed by atoms with E-state index in [1.807, 2.05) is 25.1 Å². The summed E-state index contributed by atoms with van der Waals surface area (Å²) >= 11 is 0. The SMILES string of the molecule is Cc1ccc(C(=O)c2ccc(CC(=O)[C@@](CCCCN)(NC(=O)OCc3ccccc3)C(=O)O)n2C)cc1. The van der Waals surface area contributed by atoms with Crippen LogP contribution >= 0.6 is 0 Å². The molecule has 4 N–H and O–H groups in total. The molecule has 2 aromatic carbocycles. The molecule has 1 aromatic heterocycles. The molecule has 0 unspecified atom stereocenters. The van der Waals surface area contributed by atoms with Crippen molar-refractivity contribution in [3.8, 4) is 0 Å². The van der Waals surface area contributed by atoms with Crippen molar-refractivity contribution in [3.63, 3.8) is 0 Å². The zero-order chi connectivity index (χ0) is 27.7. The van der Waals surface area contributed by atoms with Crippen LogP contribution in [0.4, 0.5) is 4.79 Å². The smallest absolute Gasteiger partial charge is 0.408 e. The van der Waals surface area contributed by atoms with Crippen molar-refractivity contribution in [2.24, 2.45) is 12.8 Å². The van der Waals surface area contributed by atoms with E-state index in [0.29, 0.717) is 41.9 Å². The number of ketones is 2. The molecule has 0 spiro atoms. The van der Waals surface area contributed by atoms with Crippen LogP contribution < -0.4 is 11.1 Å². The van der Waals surface area contributed by atoms with Crippen molar-refractivity contribution in [1.29, 1.82) is 0 Å². The van der Waals surface area contributed by atoms with Gasteiger partial charge in [-0.05, 0) is 50.4 Å². The number of rotatable bonds is 13. The molecule has 38 heavy (non-hydrogen) atoms. The van der Waals surface area contributed by atoms with Gasteiger partial charge in [0, 0.05) is 24.7 Å². The Balaban J connectivity index is 1.81. The van der Waals surface area contributed by atoms with E-state index in [1.165, 1.54) is 0 Å². The van der Waals surface area contributed by atoms with Gasteiger partial charge in [0.15, 0.2) is 11.3 Å². The van der Waals surface area contributed by atoms with Crippen LogP contribution in [0.3, 0.4) is 0 Å². The van der Waals surface area contributed by atoms with Crippen molar-refractivity contribution in [1.82, 2.24) is 9.88 Å². The third-order valence-corrected chi connectivity index (χ3v) is 6.49. The number of hydrogen-bond acceptors (Lipinski definition) is 6. The monoisotopic (exact) mass is 519 g/mol. The Morgan fingerprint density at radius 1 is 0.974 bits per heavy atom. The molecule has 0 bridgehead atoms. The number of hydrogen-bond donors (Lipinski definition) is 3. The van der Waals surface area contributed by atoms with E-state index in [9.17, 15) is 24.3 Å². The van der Waals surface area contributed by atoms with E-state index in [0.717, 1.165) is 5.56 Å². The average molecular weight is 520 g/mol. The number of nitrogens with one attached hydrogen (secondary N) is 1. The average Bonchev–Trinajstić information content (AvgIpc) is 3.27. The zero-order valence-electron chi connectivity index (χ0n) is 21.6. The van der Waals surface area contributed by atoms with Gasteiger partial charge in [-0.3, -0.25) is 14.9 Å². The Bertz CT molecular complexity index is 1280. The van der Waals surface area contributed by atoms with E-state index in [2.05, 4.69) is 5.32 Å². The van der Waals surface area contributed by atoms with Crippen LogP contribution in [-0.2, 0) is 34.4 Å². The summed E-state index contributed by atoms with van der Waals surface area (Å²) in [5.41, 5.74) is 6.39. The second kappa shape index (κ2) is 12.8. The van der Waals surface area contributed by atoms with Gasteiger partial charge in [-0.15, -0.1) is 0 Å². The molecule has 0 saturated carbocycles. The number of alkyl carbamates (subject to hydrolysis) is 1. The molecule has 0 aliphatic heterocycles. The first-order chi connectivity index (χ1) is 18.2. The Kier molecular flexibility index (Phi) is 9.56. The van der Waals surface area contributed by atoms with E-state index in [1.54, 1.807) is 60.1 Å². The molecular weight excluding hydrogens is 486 g/mol. The number of nitrogens with two attached hydrogens (primary N) is 1. The third-order valence-electron chi connectivity index (χ3n) is 6.49. The lowest BCUT2D eigenvalue weighted by molar-refractivity contribution is -0.150. The summed E-state index contributed by atoms with van der Waals surface area (Å²) in [5, 5.41) is 12.5. The Hall–Kier alpha value is -4.24. The highest BCUT2D eigenvalue weighted by Crippen LogP contribution is 2.22. The first kappa shape index (κ1) is 28.3. The Morgan fingerprint density at radius 2 is 1.66 bits per heavy atom. The number of aromatic nitrogens is 1. The quantitative estimate of drug-likeness (QED) is 0.178. The van der Waals surface area contributed by atoms with Crippen LogP contribution in [-0.4, -0.2) is 45.4 Å². The van der Waals surface area contributed by atoms with Gasteiger partial charge in [0.25, 0.3) is 0 Å². The molecule has 1 amide bonds. The van der Waals surface area contributed by atoms with E-state index >= 15 is 0 Å². The molecule has 0 fully saturated rings. The number of amides is 1. The second-order valence-corrected chi connectivity index (χ2v) is 9.21. The van der Waals surface area contributed by atoms with Crippen LogP contribution in [0, 0.1) is 6.92 Å². The van der Waals surface area contributed by atoms with E-state index in [-0.39, 0.29) is 25.2 Å². The van der Waals surface area contributed by atoms with Crippen LogP contribution in [0.25, 0.3) is 0 Å². The van der Waals surface area contributed by atoms with Crippen LogP contribution in [0.2, 0.25) is 0 Å². The molecule has 0 aliphatic rings. The second-order valence-electron chi connectivity index (χ2n) is 9.21. The summed E-state index contributed by atoms with van der Waals surface area (Å²) in [6, 6.07) is 19.3. The zero-order valence-corrected chi connectivity index (χ0v) is 21.6. The maximum absolute atomic E-state index is 13.5. The highest BCUT2D eigenvalue weighted by molar-refractivity contribution is 6.11. The molecule has 3 aromatic rings. The predicted molar refractivity (Wildman–Crippen MR) is 142 cm³/mol. The minimum absolute atomic E-state index is 0.0817. The molecule has 200 valence electrons. The van der Waals surface area contributed by atoms with Crippen LogP contribution in [0.5, 0.6) is 0 Å². The molecule has 0 radical (unpaired) electrons. The lowest BCUT2D eigenvalue weighted by atomic mass is 9.85. The lowest BCUT2D eigenvalue weighted by Gasteiger charge is -2.29. The third kappa shape index (κ3) is 6.74. The summed E-state index contributed by atoms with van der Waals surface area (Å²) in [6.07, 6.45) is -0.705. The minimum Gasteiger partial charge on any atom is -0.479 e. The first-order valence-corrected chi connectivity index (χ1v) is 12.4. The van der Waals surface area contributed by atoms with Crippen molar-refractivity contribution >= 4 is 23.6 Å². The van der Waals surface area contributed by atoms with Gasteiger partial charge in [0.05, 0.1) is 5.69 Å². The summed E-state index contributed by atoms with van der Waals surface area (Å²) < 4.78 is 6.79. The number of carbonyl (C=O) groups is 4. The molecular formula is C29H33N3O6. The van der Waals surface area contributed by atoms with E-state index in [4.69, 9.17) is 10.5 Å². The standard InChI is InChI=1S/C29H33N3O6/c1-20-10-12-22(13-11-20)26(34)24-15-14-23(32(24)2)18-25(33)29(27(35)36,16-6-7-17-30)31-28(37)38-19-21-8-4-3-5-9-21/h3-5,8-15H,6-7,16-19,30H2,1-2H3,(H,31,37)(H,35,36)/t29-/m1/s1. The number of aryl methyl sites for hydroxylation is 1. The first-order valence-electron chi connectivity index (χ1n) is 12.4. The molecule has 1 atom stereocenters. The lowest BCUT2D eigenvalue weighted by Crippen LogP contribution is -2.60. The van der Waals surface area contributed by atoms with Crippen LogP contribution in [0.15, 0.2) is 66.7 Å². The molecule has 0 aliphatic carbocycles. The maximum Gasteiger partial charge on any atom is 0.408 e. The number of Topliss-reactive ketones (excluding diaryl/α,β-unsaturated/α-hetero) is 1. The maximum atomic E-state index is 13.5. The normalized spacial score (nSPS) is 12.4. The van der Waals surface area contributed by atoms with Crippen LogP contribution in [0.1, 0.15) is 52.1 Å². The summed E-state index contributed by atoms with van der Waals surface area (Å²) in [5.74, 6) is -2.43. The fourth-order valence-corrected chi connectivity index (χ4v) is 4.15. The molecule has 9 nitrogen and oxygen atoms in total. The predicted octanol–water partition coefficient (Wildman–Crippen LogP) is 3.55. The van der Waals surface area contributed by atoms with Gasteiger partial charge < -0.3 is 20.1 Å². The fourth-order valence-electron chi connectivity index (χ4n) is 4.15. The fraction of sp³-hybridized carbons (Fsp3) is 0.310. The minimum atomic E-state index is -2.21. The topological polar surface area (TPSA) is 141 Å². The number of carbonyl (C=O) groups excluding carboxylic acids is 3. The van der Waals surface area contributed by atoms with Gasteiger partial charge in [0.1, 0.15) is 6.61 Å². The number of unbranched alkanes of at least 4 members (excludes halogenated alkanes) is 1. The largest absolute Gasteiger partial charge is 0.479 e. The van der Waals surface area contributed by atoms with E-state index < -0.39 is 23.4 Å². The molecule has 9 heteroatoms. The van der Waals surface area contributed by atoms with Gasteiger partial charge in [0.2, 0.25) is 5.78 Å². The number of carboxylic acid groups (broad SMARTS) is 1. The van der Waals surface area contributed by atoms with Crippen molar-refractivity contribution < 1.29 is 29.0 Å². The molecule has 1 heterocycles. The summed E-state index contributed by atoms with van der Waals surface area (Å²) in [7, 11) is 1.64. The molecule has 3 rings (SSSR count). The number of nitrogens with zero attached hydrogens (tertiary/aromatic N) is 1. The number of aliphatic carboxylic acids is 1. The Morgan fingerprint density at radius 3 is 2.29 bits per heavy atom. The molecule has 0 saturated heterocycles. The highest BCUT2D eigenvalue weighted by atomic mass is 16.5.